The number of benzene rings is 1. The molecule has 0 fully saturated rings. The van der Waals surface area contributed by atoms with Crippen LogP contribution in [0.5, 0.6) is 5.75 Å². The number of methoxy groups -OCH3 is 1. The van der Waals surface area contributed by atoms with E-state index in [9.17, 15) is 0 Å². The van der Waals surface area contributed by atoms with Crippen molar-refractivity contribution >= 4 is 12.6 Å². The smallest absolute Gasteiger partial charge is 0.119 e. The molecule has 1 rings (SSSR count). The first kappa shape index (κ1) is 16.4. The van der Waals surface area contributed by atoms with Gasteiger partial charge in [-0.3, -0.25) is 0 Å². The highest BCUT2D eigenvalue weighted by Gasteiger charge is 2.24. The highest BCUT2D eigenvalue weighted by molar-refractivity contribution is 7.80. The summed E-state index contributed by atoms with van der Waals surface area (Å²) in [5.74, 6) is 2.44. The lowest BCUT2D eigenvalue weighted by Gasteiger charge is -2.33. The number of thiol groups is 1. The molecule has 0 saturated heterocycles. The van der Waals surface area contributed by atoms with Gasteiger partial charge < -0.3 is 9.64 Å². The monoisotopic (exact) mass is 281 g/mol. The maximum absolute atomic E-state index is 5.26. The van der Waals surface area contributed by atoms with E-state index in [-0.39, 0.29) is 0 Å². The molecule has 0 spiro atoms. The van der Waals surface area contributed by atoms with Gasteiger partial charge in [-0.05, 0) is 41.8 Å². The largest absolute Gasteiger partial charge is 0.497 e. The Bertz CT molecular complexity index is 387. The van der Waals surface area contributed by atoms with Crippen molar-refractivity contribution in [3.63, 3.8) is 0 Å². The van der Waals surface area contributed by atoms with Crippen molar-refractivity contribution in [2.45, 2.75) is 27.3 Å². The fourth-order valence-corrected chi connectivity index (χ4v) is 2.79. The number of hydrogen-bond donors (Lipinski definition) is 1. The molecule has 0 aliphatic heterocycles. The molecule has 1 aromatic carbocycles. The molecule has 1 atom stereocenters. The topological polar surface area (TPSA) is 12.5 Å². The first-order chi connectivity index (χ1) is 8.86. The molecular formula is C16H27NOS. The third-order valence-electron chi connectivity index (χ3n) is 3.56. The van der Waals surface area contributed by atoms with Gasteiger partial charge in [-0.2, -0.15) is 12.6 Å². The minimum absolute atomic E-state index is 0.296. The molecule has 0 aliphatic rings. The summed E-state index contributed by atoms with van der Waals surface area (Å²) in [4.78, 5) is 2.36. The Morgan fingerprint density at radius 3 is 2.53 bits per heavy atom. The van der Waals surface area contributed by atoms with Crippen molar-refractivity contribution in [3.05, 3.63) is 29.8 Å². The summed E-state index contributed by atoms with van der Waals surface area (Å²) in [6.45, 7) is 8.86. The number of hydrogen-bond acceptors (Lipinski definition) is 3. The lowest BCUT2D eigenvalue weighted by atomic mass is 9.81. The van der Waals surface area contributed by atoms with E-state index in [1.807, 2.05) is 12.1 Å². The predicted octanol–water partition coefficient (Wildman–Crippen LogP) is 3.72. The van der Waals surface area contributed by atoms with Crippen molar-refractivity contribution in [1.82, 2.24) is 4.90 Å². The highest BCUT2D eigenvalue weighted by Crippen LogP contribution is 2.27. The van der Waals surface area contributed by atoms with Crippen molar-refractivity contribution in [3.8, 4) is 5.75 Å². The number of ether oxygens (including phenoxy) is 1. The first-order valence-electron chi connectivity index (χ1n) is 6.79. The fourth-order valence-electron chi connectivity index (χ4n) is 2.13. The molecule has 0 saturated carbocycles. The fraction of sp³-hybridized carbons (Fsp3) is 0.625. The Morgan fingerprint density at radius 1 is 1.32 bits per heavy atom. The Labute approximate surface area is 123 Å². The van der Waals surface area contributed by atoms with Gasteiger partial charge in [-0.1, -0.05) is 32.9 Å². The summed E-state index contributed by atoms with van der Waals surface area (Å²) in [5, 5.41) is 0. The van der Waals surface area contributed by atoms with Gasteiger partial charge in [0, 0.05) is 13.1 Å². The summed E-state index contributed by atoms with van der Waals surface area (Å²) in [6.07, 6.45) is 0. The highest BCUT2D eigenvalue weighted by atomic mass is 32.1. The molecule has 0 heterocycles. The second-order valence-corrected chi connectivity index (χ2v) is 6.66. The van der Waals surface area contributed by atoms with Crippen LogP contribution in [-0.2, 0) is 6.54 Å². The summed E-state index contributed by atoms with van der Waals surface area (Å²) in [7, 11) is 3.88. The van der Waals surface area contributed by atoms with Crippen LogP contribution >= 0.6 is 12.6 Å². The van der Waals surface area contributed by atoms with Gasteiger partial charge in [-0.25, -0.2) is 0 Å². The third-order valence-corrected chi connectivity index (χ3v) is 4.00. The van der Waals surface area contributed by atoms with Crippen LogP contribution in [0.1, 0.15) is 26.3 Å². The van der Waals surface area contributed by atoms with Gasteiger partial charge in [0.1, 0.15) is 5.75 Å². The Morgan fingerprint density at radius 2 is 2.00 bits per heavy atom. The zero-order chi connectivity index (χ0) is 14.5. The van der Waals surface area contributed by atoms with Crippen LogP contribution in [0.3, 0.4) is 0 Å². The van der Waals surface area contributed by atoms with Crippen LogP contribution in [0.15, 0.2) is 24.3 Å². The van der Waals surface area contributed by atoms with Gasteiger partial charge >= 0.3 is 0 Å². The molecule has 0 aliphatic carbocycles. The molecule has 108 valence electrons. The van der Waals surface area contributed by atoms with Gasteiger partial charge in [-0.15, -0.1) is 0 Å². The molecule has 1 aromatic rings. The van der Waals surface area contributed by atoms with E-state index in [0.717, 1.165) is 24.6 Å². The number of nitrogens with zero attached hydrogens (tertiary/aromatic N) is 1. The Balaban J connectivity index is 2.61. The van der Waals surface area contributed by atoms with E-state index < -0.39 is 0 Å². The third kappa shape index (κ3) is 5.45. The Hall–Kier alpha value is -0.670. The van der Waals surface area contributed by atoms with Crippen LogP contribution in [0, 0.1) is 11.3 Å². The van der Waals surface area contributed by atoms with E-state index in [4.69, 9.17) is 4.74 Å². The molecular weight excluding hydrogens is 254 g/mol. The SMILES string of the molecule is COc1cccc(CN(C)CC(CS)C(C)(C)C)c1. The van der Waals surface area contributed by atoms with Crippen molar-refractivity contribution < 1.29 is 4.74 Å². The van der Waals surface area contributed by atoms with Crippen LogP contribution in [0.4, 0.5) is 0 Å². The minimum atomic E-state index is 0.296. The standard InChI is InChI=1S/C16H27NOS/c1-16(2,3)14(12-19)11-17(4)10-13-7-6-8-15(9-13)18-5/h6-9,14,19H,10-12H2,1-5H3. The average molecular weight is 281 g/mol. The molecule has 1 unspecified atom stereocenters. The summed E-state index contributed by atoms with van der Waals surface area (Å²) >= 11 is 4.49. The van der Waals surface area contributed by atoms with Crippen LogP contribution < -0.4 is 4.74 Å². The van der Waals surface area contributed by atoms with Gasteiger partial charge in [0.05, 0.1) is 7.11 Å². The first-order valence-corrected chi connectivity index (χ1v) is 7.42. The molecule has 3 heteroatoms. The maximum Gasteiger partial charge on any atom is 0.119 e. The predicted molar refractivity (Wildman–Crippen MR) is 86.1 cm³/mol. The van der Waals surface area contributed by atoms with E-state index >= 15 is 0 Å². The molecule has 0 amide bonds. The quantitative estimate of drug-likeness (QED) is 0.798. The second kappa shape index (κ2) is 7.20. The van der Waals surface area contributed by atoms with Gasteiger partial charge in [0.25, 0.3) is 0 Å². The van der Waals surface area contributed by atoms with Crippen LogP contribution in [0.25, 0.3) is 0 Å². The van der Waals surface area contributed by atoms with Crippen molar-refractivity contribution in [2.24, 2.45) is 11.3 Å². The van der Waals surface area contributed by atoms with E-state index in [0.29, 0.717) is 11.3 Å². The molecule has 19 heavy (non-hydrogen) atoms. The van der Waals surface area contributed by atoms with Crippen molar-refractivity contribution in [2.75, 3.05) is 26.5 Å². The minimum Gasteiger partial charge on any atom is -0.497 e. The lowest BCUT2D eigenvalue weighted by molar-refractivity contribution is 0.183. The summed E-state index contributed by atoms with van der Waals surface area (Å²) in [6, 6.07) is 8.27. The van der Waals surface area contributed by atoms with Crippen LogP contribution in [-0.4, -0.2) is 31.4 Å². The normalized spacial score (nSPS) is 13.6. The number of rotatable bonds is 6. The summed E-state index contributed by atoms with van der Waals surface area (Å²) in [5.41, 5.74) is 1.58. The molecule has 0 N–H and O–H groups in total. The molecule has 0 aromatic heterocycles. The Kier molecular flexibility index (Phi) is 6.21. The van der Waals surface area contributed by atoms with Gasteiger partial charge in [0.15, 0.2) is 0 Å². The van der Waals surface area contributed by atoms with Crippen molar-refractivity contribution in [1.29, 1.82) is 0 Å². The van der Waals surface area contributed by atoms with Crippen LogP contribution in [0.2, 0.25) is 0 Å². The molecule has 2 nitrogen and oxygen atoms in total. The summed E-state index contributed by atoms with van der Waals surface area (Å²) < 4.78 is 5.26. The molecule has 0 radical (unpaired) electrons. The van der Waals surface area contributed by atoms with Gasteiger partial charge in [0.2, 0.25) is 0 Å². The van der Waals surface area contributed by atoms with E-state index in [2.05, 4.69) is 57.5 Å². The second-order valence-electron chi connectivity index (χ2n) is 6.29. The zero-order valence-corrected chi connectivity index (χ0v) is 13.7. The average Bonchev–Trinajstić information content (AvgIpc) is 2.34. The van der Waals surface area contributed by atoms with E-state index in [1.165, 1.54) is 5.56 Å². The zero-order valence-electron chi connectivity index (χ0n) is 12.8. The van der Waals surface area contributed by atoms with E-state index in [1.54, 1.807) is 7.11 Å². The molecule has 0 bridgehead atoms. The maximum atomic E-state index is 5.26. The lowest BCUT2D eigenvalue weighted by Crippen LogP contribution is -2.34.